The van der Waals surface area contributed by atoms with Crippen LogP contribution in [0.15, 0.2) is 0 Å². The maximum Gasteiger partial charge on any atom is 0.174 e. The molecule has 4 unspecified atom stereocenters. The molecule has 0 aromatic carbocycles. The first-order valence-electron chi connectivity index (χ1n) is 4.90. The van der Waals surface area contributed by atoms with Gasteiger partial charge in [-0.05, 0) is 31.6 Å². The van der Waals surface area contributed by atoms with E-state index in [4.69, 9.17) is 0 Å². The molecule has 4 saturated carbocycles. The third-order valence-corrected chi connectivity index (χ3v) is 3.92. The molecule has 3 nitrogen and oxygen atoms in total. The Kier molecular flexibility index (Phi) is 1.20. The van der Waals surface area contributed by atoms with Crippen LogP contribution in [0, 0.1) is 17.8 Å². The van der Waals surface area contributed by atoms with Crippen molar-refractivity contribution >= 4 is 11.6 Å². The van der Waals surface area contributed by atoms with E-state index in [2.05, 4.69) is 0 Å². The highest BCUT2D eigenvalue weighted by Crippen LogP contribution is 2.51. The highest BCUT2D eigenvalue weighted by molar-refractivity contribution is 6.10. The summed E-state index contributed by atoms with van der Waals surface area (Å²) in [7, 11) is 0. The van der Waals surface area contributed by atoms with E-state index in [-0.39, 0.29) is 17.5 Å². The van der Waals surface area contributed by atoms with Crippen LogP contribution >= 0.6 is 0 Å². The minimum absolute atomic E-state index is 0.0137. The topological polar surface area (TPSA) is 54.4 Å². The number of aliphatic hydroxyl groups is 1. The smallest absolute Gasteiger partial charge is 0.174 e. The van der Waals surface area contributed by atoms with Crippen molar-refractivity contribution in [2.24, 2.45) is 17.8 Å². The number of Topliss-reactive ketones (excluding diaryl/α,β-unsaturated/α-hetero) is 2. The Morgan fingerprint density at radius 1 is 1.23 bits per heavy atom. The van der Waals surface area contributed by atoms with Crippen LogP contribution in [0.25, 0.3) is 0 Å². The lowest BCUT2D eigenvalue weighted by molar-refractivity contribution is -0.174. The predicted molar refractivity (Wildman–Crippen MR) is 43.9 cm³/mol. The summed E-state index contributed by atoms with van der Waals surface area (Å²) in [5.74, 6) is -0.129. The molecule has 4 rings (SSSR count). The minimum Gasteiger partial charge on any atom is -0.382 e. The average Bonchev–Trinajstić information content (AvgIpc) is 2.07. The monoisotopic (exact) mass is 180 g/mol. The van der Waals surface area contributed by atoms with Crippen LogP contribution in [-0.4, -0.2) is 22.3 Å². The van der Waals surface area contributed by atoms with Crippen molar-refractivity contribution in [3.8, 4) is 0 Å². The number of hydrogen-bond donors (Lipinski definition) is 1. The van der Waals surface area contributed by atoms with Gasteiger partial charge in [0.2, 0.25) is 0 Å². The molecule has 4 atom stereocenters. The van der Waals surface area contributed by atoms with Crippen LogP contribution in [0.5, 0.6) is 0 Å². The van der Waals surface area contributed by atoms with Crippen LogP contribution in [0.3, 0.4) is 0 Å². The van der Waals surface area contributed by atoms with E-state index in [1.54, 1.807) is 0 Å². The lowest BCUT2D eigenvalue weighted by Crippen LogP contribution is -2.61. The van der Waals surface area contributed by atoms with Crippen molar-refractivity contribution in [1.29, 1.82) is 0 Å². The Morgan fingerprint density at radius 3 is 2.77 bits per heavy atom. The van der Waals surface area contributed by atoms with E-state index in [1.807, 2.05) is 0 Å². The first-order chi connectivity index (χ1) is 6.10. The molecule has 3 heteroatoms. The maximum atomic E-state index is 11.6. The van der Waals surface area contributed by atoms with Gasteiger partial charge in [-0.15, -0.1) is 0 Å². The molecular weight excluding hydrogens is 168 g/mol. The average molecular weight is 180 g/mol. The molecule has 4 aliphatic carbocycles. The molecule has 0 aromatic rings. The predicted octanol–water partition coefficient (Wildman–Crippen LogP) is 0.305. The van der Waals surface area contributed by atoms with Crippen molar-refractivity contribution in [3.63, 3.8) is 0 Å². The van der Waals surface area contributed by atoms with Crippen molar-refractivity contribution in [2.75, 3.05) is 0 Å². The number of ketones is 2. The molecule has 4 aliphatic rings. The normalized spacial score (nSPS) is 53.2. The third-order valence-electron chi connectivity index (χ3n) is 3.92. The fourth-order valence-electron chi connectivity index (χ4n) is 3.43. The highest BCUT2D eigenvalue weighted by atomic mass is 16.3. The van der Waals surface area contributed by atoms with Gasteiger partial charge in [0, 0.05) is 5.92 Å². The summed E-state index contributed by atoms with van der Waals surface area (Å²) in [6, 6.07) is 0. The molecule has 0 amide bonds. The molecule has 4 bridgehead atoms. The molecular formula is C10H12O3. The maximum absolute atomic E-state index is 11.6. The fraction of sp³-hybridized carbons (Fsp3) is 0.800. The second-order valence-electron chi connectivity index (χ2n) is 4.79. The second-order valence-corrected chi connectivity index (χ2v) is 4.79. The molecule has 4 fully saturated rings. The van der Waals surface area contributed by atoms with Gasteiger partial charge in [-0.3, -0.25) is 9.59 Å². The Labute approximate surface area is 76.1 Å². The van der Waals surface area contributed by atoms with E-state index in [1.165, 1.54) is 0 Å². The highest BCUT2D eigenvalue weighted by Gasteiger charge is 2.60. The van der Waals surface area contributed by atoms with Crippen LogP contribution < -0.4 is 0 Å². The fourth-order valence-corrected chi connectivity index (χ4v) is 3.43. The van der Waals surface area contributed by atoms with Gasteiger partial charge in [-0.2, -0.15) is 0 Å². The van der Waals surface area contributed by atoms with E-state index >= 15 is 0 Å². The van der Waals surface area contributed by atoms with Gasteiger partial charge in [0.25, 0.3) is 0 Å². The van der Waals surface area contributed by atoms with Crippen molar-refractivity contribution in [3.05, 3.63) is 0 Å². The van der Waals surface area contributed by atoms with E-state index in [0.717, 1.165) is 6.42 Å². The van der Waals surface area contributed by atoms with Crippen molar-refractivity contribution in [2.45, 2.75) is 31.3 Å². The SMILES string of the molecule is O=C1C2CC3CC1C(=O)C(O)(C3)C2. The molecule has 0 spiro atoms. The summed E-state index contributed by atoms with van der Waals surface area (Å²) in [6.45, 7) is 0. The van der Waals surface area contributed by atoms with Gasteiger partial charge in [0.1, 0.15) is 11.4 Å². The molecule has 0 aliphatic heterocycles. The lowest BCUT2D eigenvalue weighted by atomic mass is 9.53. The van der Waals surface area contributed by atoms with Crippen LogP contribution in [0.1, 0.15) is 25.7 Å². The molecule has 0 aromatic heterocycles. The molecule has 0 radical (unpaired) electrons. The Morgan fingerprint density at radius 2 is 2.00 bits per heavy atom. The molecule has 13 heavy (non-hydrogen) atoms. The van der Waals surface area contributed by atoms with Crippen LogP contribution in [0.4, 0.5) is 0 Å². The summed E-state index contributed by atoms with van der Waals surface area (Å²) < 4.78 is 0. The van der Waals surface area contributed by atoms with Gasteiger partial charge < -0.3 is 5.11 Å². The van der Waals surface area contributed by atoms with Gasteiger partial charge in [-0.1, -0.05) is 0 Å². The first kappa shape index (κ1) is 7.68. The van der Waals surface area contributed by atoms with Gasteiger partial charge in [-0.25, -0.2) is 0 Å². The molecule has 0 heterocycles. The Balaban J connectivity index is 2.08. The summed E-state index contributed by atoms with van der Waals surface area (Å²) >= 11 is 0. The minimum atomic E-state index is -1.12. The van der Waals surface area contributed by atoms with Gasteiger partial charge in [0.05, 0.1) is 5.92 Å². The van der Waals surface area contributed by atoms with Crippen LogP contribution in [0.2, 0.25) is 0 Å². The van der Waals surface area contributed by atoms with E-state index in [0.29, 0.717) is 25.2 Å². The number of carbonyl (C=O) groups excluding carboxylic acids is 2. The number of carbonyl (C=O) groups is 2. The second kappa shape index (κ2) is 2.03. The quantitative estimate of drug-likeness (QED) is 0.546. The zero-order valence-electron chi connectivity index (χ0n) is 7.32. The molecule has 1 N–H and O–H groups in total. The molecule has 0 saturated heterocycles. The number of rotatable bonds is 0. The summed E-state index contributed by atoms with van der Waals surface area (Å²) in [5.41, 5.74) is -1.12. The first-order valence-corrected chi connectivity index (χ1v) is 4.90. The lowest BCUT2D eigenvalue weighted by Gasteiger charge is -2.51. The summed E-state index contributed by atoms with van der Waals surface area (Å²) in [4.78, 5) is 23.2. The van der Waals surface area contributed by atoms with Crippen molar-refractivity contribution < 1.29 is 14.7 Å². The zero-order valence-corrected chi connectivity index (χ0v) is 7.32. The number of hydrogen-bond acceptors (Lipinski definition) is 3. The van der Waals surface area contributed by atoms with Gasteiger partial charge >= 0.3 is 0 Å². The molecule has 70 valence electrons. The van der Waals surface area contributed by atoms with E-state index < -0.39 is 11.5 Å². The van der Waals surface area contributed by atoms with Crippen LogP contribution in [-0.2, 0) is 9.59 Å². The largest absolute Gasteiger partial charge is 0.382 e. The van der Waals surface area contributed by atoms with Crippen molar-refractivity contribution in [1.82, 2.24) is 0 Å². The standard InChI is InChI=1S/C10H12O3/c11-8-6-1-5-2-7(8)9(12)10(13,3-5)4-6/h5-7,13H,1-4H2. The van der Waals surface area contributed by atoms with E-state index in [9.17, 15) is 14.7 Å². The third kappa shape index (κ3) is 0.784. The zero-order chi connectivity index (χ0) is 9.22. The summed E-state index contributed by atoms with van der Waals surface area (Å²) in [5, 5.41) is 9.99. The van der Waals surface area contributed by atoms with Gasteiger partial charge in [0.15, 0.2) is 5.78 Å². The Bertz CT molecular complexity index is 309. The Hall–Kier alpha value is -0.700. The summed E-state index contributed by atoms with van der Waals surface area (Å²) in [6.07, 6.45) is 2.62.